The zero-order valence-electron chi connectivity index (χ0n) is 7.53. The molecule has 1 aromatic rings. The molecule has 0 aliphatic rings. The molecule has 0 heterocycles. The van der Waals surface area contributed by atoms with Gasteiger partial charge in [0.2, 0.25) is 0 Å². The van der Waals surface area contributed by atoms with Gasteiger partial charge in [-0.1, -0.05) is 29.8 Å². The van der Waals surface area contributed by atoms with Gasteiger partial charge in [0.25, 0.3) is 0 Å². The van der Waals surface area contributed by atoms with Crippen LogP contribution in [0.4, 0.5) is 0 Å². The highest BCUT2D eigenvalue weighted by Gasteiger charge is 2.21. The summed E-state index contributed by atoms with van der Waals surface area (Å²) in [6.45, 7) is 1.76. The summed E-state index contributed by atoms with van der Waals surface area (Å²) < 4.78 is 0. The number of aldehydes is 1. The summed E-state index contributed by atoms with van der Waals surface area (Å²) in [7, 11) is 0. The largest absolute Gasteiger partial charge is 0.480 e. The van der Waals surface area contributed by atoms with Crippen molar-refractivity contribution in [2.75, 3.05) is 0 Å². The molecule has 0 saturated carbocycles. The van der Waals surface area contributed by atoms with Crippen LogP contribution >= 0.6 is 11.6 Å². The van der Waals surface area contributed by atoms with Gasteiger partial charge in [-0.15, -0.1) is 0 Å². The molecular weight excluding hydrogens is 204 g/mol. The lowest BCUT2D eigenvalue weighted by atomic mass is 9.99. The molecule has 0 aliphatic heterocycles. The quantitative estimate of drug-likeness (QED) is 0.616. The first-order valence-corrected chi connectivity index (χ1v) is 4.39. The minimum Gasteiger partial charge on any atom is -0.480 e. The van der Waals surface area contributed by atoms with Gasteiger partial charge in [-0.3, -0.25) is 4.79 Å². The molecule has 0 fully saturated rings. The van der Waals surface area contributed by atoms with Crippen molar-refractivity contribution >= 4 is 23.9 Å². The minimum atomic E-state index is -1.19. The highest BCUT2D eigenvalue weighted by molar-refractivity contribution is 6.32. The Morgan fingerprint density at radius 1 is 1.57 bits per heavy atom. The van der Waals surface area contributed by atoms with Crippen molar-refractivity contribution in [2.24, 2.45) is 0 Å². The zero-order chi connectivity index (χ0) is 10.7. The van der Waals surface area contributed by atoms with Crippen LogP contribution < -0.4 is 0 Å². The number of carbonyl (C=O) groups is 2. The summed E-state index contributed by atoms with van der Waals surface area (Å²) in [6.07, 6.45) is 0.378. The molecule has 1 rings (SSSR count). The van der Waals surface area contributed by atoms with E-state index in [0.29, 0.717) is 16.9 Å². The summed E-state index contributed by atoms with van der Waals surface area (Å²) >= 11 is 5.89. The van der Waals surface area contributed by atoms with E-state index in [-0.39, 0.29) is 0 Å². The third-order valence-electron chi connectivity index (χ3n) is 1.96. The molecule has 0 radical (unpaired) electrons. The second kappa shape index (κ2) is 4.24. The van der Waals surface area contributed by atoms with Crippen LogP contribution in [0, 0.1) is 6.92 Å². The van der Waals surface area contributed by atoms with Gasteiger partial charge >= 0.3 is 5.97 Å². The van der Waals surface area contributed by atoms with Gasteiger partial charge in [0.1, 0.15) is 12.2 Å². The van der Waals surface area contributed by atoms with Gasteiger partial charge in [-0.2, -0.15) is 0 Å². The van der Waals surface area contributed by atoms with E-state index >= 15 is 0 Å². The van der Waals surface area contributed by atoms with Crippen LogP contribution in [0.3, 0.4) is 0 Å². The second-order valence-corrected chi connectivity index (χ2v) is 3.31. The molecule has 74 valence electrons. The van der Waals surface area contributed by atoms with Gasteiger partial charge in [0, 0.05) is 5.02 Å². The minimum absolute atomic E-state index is 0.340. The Morgan fingerprint density at radius 3 is 2.71 bits per heavy atom. The number of carbonyl (C=O) groups excluding carboxylic acids is 1. The highest BCUT2D eigenvalue weighted by atomic mass is 35.5. The molecule has 1 N–H and O–H groups in total. The van der Waals surface area contributed by atoms with Crippen LogP contribution in [-0.2, 0) is 9.59 Å². The Morgan fingerprint density at radius 2 is 2.21 bits per heavy atom. The zero-order valence-corrected chi connectivity index (χ0v) is 8.28. The molecule has 0 amide bonds. The fourth-order valence-corrected chi connectivity index (χ4v) is 1.42. The Labute approximate surface area is 86.3 Å². The monoisotopic (exact) mass is 212 g/mol. The molecule has 4 heteroatoms. The number of carboxylic acids is 1. The fourth-order valence-electron chi connectivity index (χ4n) is 1.17. The van der Waals surface area contributed by atoms with Crippen LogP contribution in [0.2, 0.25) is 5.02 Å². The maximum Gasteiger partial charge on any atom is 0.318 e. The lowest BCUT2D eigenvalue weighted by Crippen LogP contribution is -2.13. The van der Waals surface area contributed by atoms with Crippen LogP contribution in [0.25, 0.3) is 0 Å². The van der Waals surface area contributed by atoms with E-state index in [1.807, 2.05) is 0 Å². The summed E-state index contributed by atoms with van der Waals surface area (Å²) in [6, 6.07) is 4.98. The van der Waals surface area contributed by atoms with Crippen molar-refractivity contribution in [1.82, 2.24) is 0 Å². The molecule has 1 aromatic carbocycles. The Hall–Kier alpha value is -1.35. The Kier molecular flexibility index (Phi) is 3.25. The Bertz CT molecular complexity index is 374. The number of hydrogen-bond acceptors (Lipinski definition) is 2. The number of benzene rings is 1. The van der Waals surface area contributed by atoms with Gasteiger partial charge < -0.3 is 9.90 Å². The molecule has 1 atom stereocenters. The van der Waals surface area contributed by atoms with Gasteiger partial charge in [0.15, 0.2) is 0 Å². The van der Waals surface area contributed by atoms with Crippen molar-refractivity contribution in [3.63, 3.8) is 0 Å². The van der Waals surface area contributed by atoms with E-state index < -0.39 is 11.9 Å². The first kappa shape index (κ1) is 10.7. The van der Waals surface area contributed by atoms with Gasteiger partial charge in [-0.05, 0) is 18.1 Å². The average molecular weight is 213 g/mol. The van der Waals surface area contributed by atoms with Crippen LogP contribution in [-0.4, -0.2) is 17.4 Å². The number of hydrogen-bond donors (Lipinski definition) is 1. The molecule has 3 nitrogen and oxygen atoms in total. The summed E-state index contributed by atoms with van der Waals surface area (Å²) in [4.78, 5) is 21.3. The molecule has 1 unspecified atom stereocenters. The highest BCUT2D eigenvalue weighted by Crippen LogP contribution is 2.26. The predicted octanol–water partition coefficient (Wildman–Crippen LogP) is 2.02. The molecule has 0 bridgehead atoms. The third kappa shape index (κ3) is 1.93. The van der Waals surface area contributed by atoms with E-state index in [0.717, 1.165) is 5.56 Å². The molecule has 0 saturated heterocycles. The number of carboxylic acid groups (broad SMARTS) is 1. The molecule has 14 heavy (non-hydrogen) atoms. The molecule has 0 aliphatic carbocycles. The summed E-state index contributed by atoms with van der Waals surface area (Å²) in [5.74, 6) is -2.37. The van der Waals surface area contributed by atoms with Gasteiger partial charge in [-0.25, -0.2) is 0 Å². The number of aryl methyl sites for hydroxylation is 1. The van der Waals surface area contributed by atoms with E-state index in [1.165, 1.54) is 0 Å². The normalized spacial score (nSPS) is 12.1. The van der Waals surface area contributed by atoms with Crippen LogP contribution in [0.1, 0.15) is 17.0 Å². The van der Waals surface area contributed by atoms with Crippen molar-refractivity contribution in [3.05, 3.63) is 34.3 Å². The van der Waals surface area contributed by atoms with Crippen molar-refractivity contribution < 1.29 is 14.7 Å². The maximum absolute atomic E-state index is 10.7. The summed E-state index contributed by atoms with van der Waals surface area (Å²) in [5, 5.41) is 9.09. The average Bonchev–Trinajstić information content (AvgIpc) is 2.13. The lowest BCUT2D eigenvalue weighted by Gasteiger charge is -2.09. The third-order valence-corrected chi connectivity index (χ3v) is 2.48. The van der Waals surface area contributed by atoms with E-state index in [4.69, 9.17) is 16.7 Å². The molecular formula is C10H9ClO3. The summed E-state index contributed by atoms with van der Waals surface area (Å²) in [5.41, 5.74) is 1.10. The lowest BCUT2D eigenvalue weighted by molar-refractivity contribution is -0.140. The fraction of sp³-hybridized carbons (Fsp3) is 0.200. The first-order valence-electron chi connectivity index (χ1n) is 4.01. The number of rotatable bonds is 3. The second-order valence-electron chi connectivity index (χ2n) is 2.93. The predicted molar refractivity (Wildman–Crippen MR) is 52.6 cm³/mol. The number of halogens is 1. The van der Waals surface area contributed by atoms with Crippen LogP contribution in [0.15, 0.2) is 18.2 Å². The van der Waals surface area contributed by atoms with Crippen molar-refractivity contribution in [2.45, 2.75) is 12.8 Å². The van der Waals surface area contributed by atoms with Crippen molar-refractivity contribution in [3.8, 4) is 0 Å². The Balaban J connectivity index is 3.23. The molecule has 0 spiro atoms. The van der Waals surface area contributed by atoms with E-state index in [9.17, 15) is 9.59 Å². The standard InChI is InChI=1S/C10H9ClO3/c1-6-3-2-4-7(9(6)11)8(5-12)10(13)14/h2-5,8H,1H3,(H,13,14). The maximum atomic E-state index is 10.7. The SMILES string of the molecule is Cc1cccc(C(C=O)C(=O)O)c1Cl. The topological polar surface area (TPSA) is 54.4 Å². The number of aliphatic carboxylic acids is 1. The van der Waals surface area contributed by atoms with E-state index in [2.05, 4.69) is 0 Å². The smallest absolute Gasteiger partial charge is 0.318 e. The van der Waals surface area contributed by atoms with Crippen LogP contribution in [0.5, 0.6) is 0 Å². The van der Waals surface area contributed by atoms with E-state index in [1.54, 1.807) is 25.1 Å². The molecule has 0 aromatic heterocycles. The van der Waals surface area contributed by atoms with Gasteiger partial charge in [0.05, 0.1) is 0 Å². The van der Waals surface area contributed by atoms with Crippen molar-refractivity contribution in [1.29, 1.82) is 0 Å². The first-order chi connectivity index (χ1) is 6.57.